The number of carbonyl (C=O) groups excluding carboxylic acids is 1. The zero-order chi connectivity index (χ0) is 22.0. The Kier molecular flexibility index (Phi) is 5.96. The average Bonchev–Trinajstić information content (AvgIpc) is 2.78. The van der Waals surface area contributed by atoms with Crippen LogP contribution in [0.15, 0.2) is 51.9 Å². The third-order valence-electron chi connectivity index (χ3n) is 4.79. The molecule has 3 aromatic rings. The molecule has 0 amide bonds. The molecule has 4 rings (SSSR count). The van der Waals surface area contributed by atoms with Crippen LogP contribution in [0.5, 0.6) is 0 Å². The van der Waals surface area contributed by atoms with Crippen molar-refractivity contribution in [3.05, 3.63) is 78.8 Å². The molecular formula is C20H17BrN4O6. The van der Waals surface area contributed by atoms with Crippen LogP contribution < -0.4 is 10.5 Å². The number of carbonyl (C=O) groups is 1. The van der Waals surface area contributed by atoms with Gasteiger partial charge in [0.15, 0.2) is 0 Å². The number of fused-ring (bicyclic) bond motifs is 1. The Labute approximate surface area is 184 Å². The molecule has 3 heterocycles. The molecule has 10 nitrogen and oxygen atoms in total. The van der Waals surface area contributed by atoms with Gasteiger partial charge in [0.05, 0.1) is 35.1 Å². The number of morpholine rings is 1. The SMILES string of the molecule is O=C(OCc1cc(=O)n2cc(Br)ccc2n1)c1cc([N+](=O)[O-])ccc1N1CCOCC1. The van der Waals surface area contributed by atoms with Gasteiger partial charge in [-0.15, -0.1) is 0 Å². The van der Waals surface area contributed by atoms with Gasteiger partial charge in [-0.3, -0.25) is 19.3 Å². The van der Waals surface area contributed by atoms with Crippen molar-refractivity contribution in [2.75, 3.05) is 31.2 Å². The lowest BCUT2D eigenvalue weighted by atomic mass is 10.1. The number of pyridine rings is 1. The molecule has 31 heavy (non-hydrogen) atoms. The summed E-state index contributed by atoms with van der Waals surface area (Å²) in [6, 6.07) is 8.78. The van der Waals surface area contributed by atoms with E-state index in [0.717, 1.165) is 4.47 Å². The fourth-order valence-electron chi connectivity index (χ4n) is 3.30. The number of nitro groups is 1. The first-order chi connectivity index (χ1) is 14.9. The maximum Gasteiger partial charge on any atom is 0.340 e. The van der Waals surface area contributed by atoms with Gasteiger partial charge in [0, 0.05) is 42.0 Å². The molecule has 0 N–H and O–H groups in total. The number of halogens is 1. The standard InChI is InChI=1S/C20H17BrN4O6/c21-13-1-4-18-22-14(9-19(26)24(18)11-13)12-31-20(27)16-10-15(25(28)29)2-3-17(16)23-5-7-30-8-6-23/h1-4,9-11H,5-8,12H2. The Morgan fingerprint density at radius 2 is 2.00 bits per heavy atom. The van der Waals surface area contributed by atoms with Crippen molar-refractivity contribution in [3.8, 4) is 0 Å². The smallest absolute Gasteiger partial charge is 0.340 e. The molecule has 1 aliphatic heterocycles. The normalized spacial score (nSPS) is 13.9. The predicted octanol–water partition coefficient (Wildman–Crippen LogP) is 2.56. The molecule has 0 atom stereocenters. The van der Waals surface area contributed by atoms with Crippen LogP contribution in [0.25, 0.3) is 5.65 Å². The monoisotopic (exact) mass is 488 g/mol. The van der Waals surface area contributed by atoms with Crippen molar-refractivity contribution in [3.63, 3.8) is 0 Å². The lowest BCUT2D eigenvalue weighted by molar-refractivity contribution is -0.384. The molecule has 0 aliphatic carbocycles. The quantitative estimate of drug-likeness (QED) is 0.305. The fraction of sp³-hybridized carbons (Fsp3) is 0.250. The van der Waals surface area contributed by atoms with E-state index >= 15 is 0 Å². The van der Waals surface area contributed by atoms with Crippen molar-refractivity contribution in [1.29, 1.82) is 0 Å². The van der Waals surface area contributed by atoms with Crippen LogP contribution in [0.4, 0.5) is 11.4 Å². The van der Waals surface area contributed by atoms with E-state index in [1.807, 2.05) is 4.90 Å². The van der Waals surface area contributed by atoms with Crippen LogP contribution in [-0.2, 0) is 16.1 Å². The predicted molar refractivity (Wildman–Crippen MR) is 114 cm³/mol. The highest BCUT2D eigenvalue weighted by molar-refractivity contribution is 9.10. The van der Waals surface area contributed by atoms with Crippen molar-refractivity contribution < 1.29 is 19.2 Å². The Balaban J connectivity index is 1.60. The van der Waals surface area contributed by atoms with Gasteiger partial charge in [-0.05, 0) is 34.1 Å². The summed E-state index contributed by atoms with van der Waals surface area (Å²) in [5.41, 5.74) is 0.774. The molecular weight excluding hydrogens is 472 g/mol. The van der Waals surface area contributed by atoms with E-state index in [1.54, 1.807) is 24.4 Å². The fourth-order valence-corrected chi connectivity index (χ4v) is 3.64. The summed E-state index contributed by atoms with van der Waals surface area (Å²) in [7, 11) is 0. The third-order valence-corrected chi connectivity index (χ3v) is 5.26. The number of hydrogen-bond acceptors (Lipinski definition) is 8. The Morgan fingerprint density at radius 3 is 2.74 bits per heavy atom. The largest absolute Gasteiger partial charge is 0.456 e. The van der Waals surface area contributed by atoms with E-state index in [1.165, 1.54) is 22.6 Å². The summed E-state index contributed by atoms with van der Waals surface area (Å²) in [6.45, 7) is 1.85. The lowest BCUT2D eigenvalue weighted by Crippen LogP contribution is -2.37. The molecule has 2 aromatic heterocycles. The minimum Gasteiger partial charge on any atom is -0.456 e. The van der Waals surface area contributed by atoms with E-state index in [9.17, 15) is 19.7 Å². The maximum absolute atomic E-state index is 12.8. The number of hydrogen-bond donors (Lipinski definition) is 0. The van der Waals surface area contributed by atoms with E-state index < -0.39 is 10.9 Å². The summed E-state index contributed by atoms with van der Waals surface area (Å²) in [4.78, 5) is 42.0. The van der Waals surface area contributed by atoms with Crippen LogP contribution in [0.1, 0.15) is 16.1 Å². The number of nitrogens with zero attached hydrogens (tertiary/aromatic N) is 4. The van der Waals surface area contributed by atoms with Gasteiger partial charge < -0.3 is 14.4 Å². The molecule has 1 aromatic carbocycles. The zero-order valence-electron chi connectivity index (χ0n) is 16.2. The van der Waals surface area contributed by atoms with Crippen molar-refractivity contribution in [2.24, 2.45) is 0 Å². The summed E-state index contributed by atoms with van der Waals surface area (Å²) in [5, 5.41) is 11.2. The van der Waals surface area contributed by atoms with Gasteiger partial charge in [0.1, 0.15) is 12.3 Å². The van der Waals surface area contributed by atoms with Crippen LogP contribution in [0.3, 0.4) is 0 Å². The molecule has 160 valence electrons. The number of benzene rings is 1. The van der Waals surface area contributed by atoms with Crippen LogP contribution in [0, 0.1) is 10.1 Å². The molecule has 0 bridgehead atoms. The highest BCUT2D eigenvalue weighted by Gasteiger charge is 2.23. The minimum absolute atomic E-state index is 0.0811. The van der Waals surface area contributed by atoms with Gasteiger partial charge >= 0.3 is 5.97 Å². The first kappa shape index (κ1) is 20.9. The van der Waals surface area contributed by atoms with Crippen LogP contribution >= 0.6 is 15.9 Å². The highest BCUT2D eigenvalue weighted by atomic mass is 79.9. The Bertz CT molecular complexity index is 1220. The number of non-ortho nitro benzene ring substituents is 1. The topological polar surface area (TPSA) is 116 Å². The zero-order valence-corrected chi connectivity index (χ0v) is 17.8. The first-order valence-electron chi connectivity index (χ1n) is 9.38. The number of ether oxygens (including phenoxy) is 2. The minimum atomic E-state index is -0.733. The summed E-state index contributed by atoms with van der Waals surface area (Å²) < 4.78 is 12.8. The molecule has 1 fully saturated rings. The Morgan fingerprint density at radius 1 is 1.23 bits per heavy atom. The second kappa shape index (κ2) is 8.82. The van der Waals surface area contributed by atoms with Gasteiger partial charge in [-0.2, -0.15) is 0 Å². The number of rotatable bonds is 5. The first-order valence-corrected chi connectivity index (χ1v) is 10.2. The molecule has 0 saturated carbocycles. The summed E-state index contributed by atoms with van der Waals surface area (Å²) in [5.74, 6) is -0.733. The van der Waals surface area contributed by atoms with Gasteiger partial charge in [0.25, 0.3) is 11.2 Å². The maximum atomic E-state index is 12.8. The number of esters is 1. The highest BCUT2D eigenvalue weighted by Crippen LogP contribution is 2.27. The third kappa shape index (κ3) is 4.57. The molecule has 0 radical (unpaired) electrons. The van der Waals surface area contributed by atoms with Crippen molar-refractivity contribution in [2.45, 2.75) is 6.61 Å². The second-order valence-corrected chi connectivity index (χ2v) is 7.71. The molecule has 0 spiro atoms. The number of nitro benzene ring substituents is 1. The van der Waals surface area contributed by atoms with E-state index in [0.29, 0.717) is 37.6 Å². The second-order valence-electron chi connectivity index (χ2n) is 6.80. The lowest BCUT2D eigenvalue weighted by Gasteiger charge is -2.30. The van der Waals surface area contributed by atoms with Gasteiger partial charge in [0.2, 0.25) is 0 Å². The molecule has 0 unspecified atom stereocenters. The van der Waals surface area contributed by atoms with Gasteiger partial charge in [-0.25, -0.2) is 9.78 Å². The van der Waals surface area contributed by atoms with E-state index in [-0.39, 0.29) is 29.1 Å². The van der Waals surface area contributed by atoms with Gasteiger partial charge in [-0.1, -0.05) is 0 Å². The summed E-state index contributed by atoms with van der Waals surface area (Å²) in [6.07, 6.45) is 1.60. The summed E-state index contributed by atoms with van der Waals surface area (Å²) >= 11 is 3.30. The number of aromatic nitrogens is 2. The van der Waals surface area contributed by atoms with Crippen molar-refractivity contribution in [1.82, 2.24) is 9.38 Å². The molecule has 1 aliphatic rings. The Hall–Kier alpha value is -3.31. The van der Waals surface area contributed by atoms with E-state index in [4.69, 9.17) is 9.47 Å². The van der Waals surface area contributed by atoms with Crippen LogP contribution in [-0.4, -0.2) is 46.6 Å². The number of anilines is 1. The van der Waals surface area contributed by atoms with E-state index in [2.05, 4.69) is 20.9 Å². The molecule has 11 heteroatoms. The average molecular weight is 489 g/mol. The van der Waals surface area contributed by atoms with Crippen molar-refractivity contribution >= 4 is 38.9 Å². The molecule has 1 saturated heterocycles. The van der Waals surface area contributed by atoms with Crippen LogP contribution in [0.2, 0.25) is 0 Å².